The lowest BCUT2D eigenvalue weighted by Gasteiger charge is -2.26. The van der Waals surface area contributed by atoms with E-state index in [0.29, 0.717) is 6.04 Å². The van der Waals surface area contributed by atoms with Gasteiger partial charge < -0.3 is 10.6 Å². The molecule has 1 aliphatic carbocycles. The van der Waals surface area contributed by atoms with E-state index < -0.39 is 0 Å². The molecule has 2 N–H and O–H groups in total. The molecule has 2 nitrogen and oxygen atoms in total. The largest absolute Gasteiger partial charge is 0.314 e. The molecule has 3 heteroatoms. The summed E-state index contributed by atoms with van der Waals surface area (Å²) < 4.78 is 0. The fourth-order valence-corrected chi connectivity index (χ4v) is 3.12. The highest BCUT2D eigenvalue weighted by Gasteiger charge is 2.34. The molecule has 2 fully saturated rings. The average molecular weight is 229 g/mol. The van der Waals surface area contributed by atoms with Crippen LogP contribution in [0.5, 0.6) is 0 Å². The Labute approximate surface area is 97.5 Å². The van der Waals surface area contributed by atoms with Crippen molar-refractivity contribution < 1.29 is 0 Å². The summed E-state index contributed by atoms with van der Waals surface area (Å²) in [6, 6.07) is 1.39. The minimum atomic E-state index is 0.649. The first-order chi connectivity index (χ1) is 7.27. The molecule has 0 aromatic heterocycles. The van der Waals surface area contributed by atoms with E-state index in [2.05, 4.69) is 17.2 Å². The Morgan fingerprint density at radius 2 is 2.20 bits per heavy atom. The van der Waals surface area contributed by atoms with E-state index in [4.69, 9.17) is 11.6 Å². The Bertz CT molecular complexity index is 224. The number of hydrogen-bond acceptors (Lipinski definition) is 2. The van der Waals surface area contributed by atoms with Gasteiger partial charge in [0.2, 0.25) is 0 Å². The van der Waals surface area contributed by atoms with Crippen molar-refractivity contribution in [2.24, 2.45) is 5.92 Å². The molecule has 2 rings (SSSR count). The fourth-order valence-electron chi connectivity index (χ4n) is 3.04. The maximum atomic E-state index is 5.79. The molecule has 0 spiro atoms. The van der Waals surface area contributed by atoms with Crippen molar-refractivity contribution in [3.8, 4) is 0 Å². The van der Waals surface area contributed by atoms with Gasteiger partial charge in [-0.2, -0.15) is 0 Å². The van der Waals surface area contributed by atoms with Gasteiger partial charge in [0.05, 0.1) is 0 Å². The van der Waals surface area contributed by atoms with Gasteiger partial charge in [-0.25, -0.2) is 0 Å². The maximum absolute atomic E-state index is 5.79. The highest BCUT2D eigenvalue weighted by molar-refractivity contribution is 6.29. The third kappa shape index (κ3) is 2.96. The van der Waals surface area contributed by atoms with Crippen LogP contribution in [0.1, 0.15) is 32.1 Å². The van der Waals surface area contributed by atoms with E-state index in [1.54, 1.807) is 0 Å². The van der Waals surface area contributed by atoms with Crippen LogP contribution >= 0.6 is 11.6 Å². The second kappa shape index (κ2) is 5.33. The molecule has 86 valence electrons. The topological polar surface area (TPSA) is 24.1 Å². The third-order valence-corrected chi connectivity index (χ3v) is 3.87. The Balaban J connectivity index is 1.84. The summed E-state index contributed by atoms with van der Waals surface area (Å²) in [6.45, 7) is 5.69. The van der Waals surface area contributed by atoms with Gasteiger partial charge in [-0.15, -0.1) is 0 Å². The van der Waals surface area contributed by atoms with Gasteiger partial charge in [-0.3, -0.25) is 0 Å². The number of hydrogen-bond donors (Lipinski definition) is 2. The summed E-state index contributed by atoms with van der Waals surface area (Å²) in [5.41, 5.74) is 0. The lowest BCUT2D eigenvalue weighted by Crippen LogP contribution is -2.42. The molecule has 0 aromatic rings. The number of halogens is 1. The van der Waals surface area contributed by atoms with E-state index in [1.807, 2.05) is 0 Å². The molecule has 0 bridgehead atoms. The predicted octanol–water partition coefficient (Wildman–Crippen LogP) is 2.25. The monoisotopic (exact) mass is 228 g/mol. The minimum Gasteiger partial charge on any atom is -0.314 e. The zero-order valence-electron chi connectivity index (χ0n) is 9.27. The zero-order chi connectivity index (χ0) is 10.7. The van der Waals surface area contributed by atoms with Gasteiger partial charge in [0.15, 0.2) is 0 Å². The van der Waals surface area contributed by atoms with E-state index in [0.717, 1.165) is 23.5 Å². The van der Waals surface area contributed by atoms with Crippen LogP contribution < -0.4 is 10.6 Å². The second-order valence-electron chi connectivity index (χ2n) is 4.80. The van der Waals surface area contributed by atoms with Gasteiger partial charge in [0.1, 0.15) is 0 Å². The predicted molar refractivity (Wildman–Crippen MR) is 65.1 cm³/mol. The van der Waals surface area contributed by atoms with Crippen LogP contribution in [-0.2, 0) is 0 Å². The van der Waals surface area contributed by atoms with Crippen molar-refractivity contribution in [3.05, 3.63) is 11.6 Å². The Hall–Kier alpha value is -0.0500. The van der Waals surface area contributed by atoms with Crippen molar-refractivity contribution in [3.63, 3.8) is 0 Å². The molecule has 1 aliphatic heterocycles. The van der Waals surface area contributed by atoms with Crippen molar-refractivity contribution >= 4 is 11.6 Å². The molecule has 1 heterocycles. The van der Waals surface area contributed by atoms with Crippen LogP contribution in [0.3, 0.4) is 0 Å². The van der Waals surface area contributed by atoms with Crippen LogP contribution in [0.15, 0.2) is 11.6 Å². The number of nitrogens with one attached hydrogen (secondary N) is 2. The first kappa shape index (κ1) is 11.4. The van der Waals surface area contributed by atoms with Crippen molar-refractivity contribution in [1.29, 1.82) is 0 Å². The van der Waals surface area contributed by atoms with Crippen molar-refractivity contribution in [1.82, 2.24) is 10.6 Å². The lowest BCUT2D eigenvalue weighted by molar-refractivity contribution is 0.327. The van der Waals surface area contributed by atoms with Gasteiger partial charge in [0.25, 0.3) is 0 Å². The molecule has 3 unspecified atom stereocenters. The smallest absolute Gasteiger partial charge is 0.0310 e. The highest BCUT2D eigenvalue weighted by Crippen LogP contribution is 2.31. The minimum absolute atomic E-state index is 0.649. The average Bonchev–Trinajstić information content (AvgIpc) is 2.85. The van der Waals surface area contributed by atoms with Crippen molar-refractivity contribution in [2.45, 2.75) is 44.2 Å². The molecular formula is C12H21ClN2. The molecule has 0 amide bonds. The van der Waals surface area contributed by atoms with Crippen LogP contribution in [0.2, 0.25) is 0 Å². The van der Waals surface area contributed by atoms with Crippen LogP contribution in [0, 0.1) is 5.92 Å². The lowest BCUT2D eigenvalue weighted by atomic mass is 9.93. The Kier molecular flexibility index (Phi) is 4.06. The SMILES string of the molecule is C=C(Cl)CNC1CCCC1C1CCCN1. The van der Waals surface area contributed by atoms with Gasteiger partial charge >= 0.3 is 0 Å². The van der Waals surface area contributed by atoms with Gasteiger partial charge in [-0.1, -0.05) is 24.6 Å². The summed E-state index contributed by atoms with van der Waals surface area (Å²) in [7, 11) is 0. The van der Waals surface area contributed by atoms with Crippen LogP contribution in [0.25, 0.3) is 0 Å². The molecule has 15 heavy (non-hydrogen) atoms. The van der Waals surface area contributed by atoms with Crippen LogP contribution in [-0.4, -0.2) is 25.2 Å². The molecule has 0 radical (unpaired) electrons. The molecule has 2 aliphatic rings. The van der Waals surface area contributed by atoms with E-state index >= 15 is 0 Å². The van der Waals surface area contributed by atoms with Gasteiger partial charge in [-0.05, 0) is 38.1 Å². The molecule has 1 saturated heterocycles. The summed E-state index contributed by atoms with van der Waals surface area (Å²) in [5, 5.41) is 7.88. The fraction of sp³-hybridized carbons (Fsp3) is 0.833. The Morgan fingerprint density at radius 1 is 1.33 bits per heavy atom. The zero-order valence-corrected chi connectivity index (χ0v) is 10.0. The molecule has 0 aromatic carbocycles. The molecular weight excluding hydrogens is 208 g/mol. The summed E-state index contributed by atoms with van der Waals surface area (Å²) in [6.07, 6.45) is 6.72. The Morgan fingerprint density at radius 3 is 2.87 bits per heavy atom. The van der Waals surface area contributed by atoms with E-state index in [9.17, 15) is 0 Å². The first-order valence-electron chi connectivity index (χ1n) is 6.07. The maximum Gasteiger partial charge on any atom is 0.0310 e. The quantitative estimate of drug-likeness (QED) is 0.772. The van der Waals surface area contributed by atoms with Gasteiger partial charge in [0, 0.05) is 23.7 Å². The van der Waals surface area contributed by atoms with Crippen molar-refractivity contribution in [2.75, 3.05) is 13.1 Å². The van der Waals surface area contributed by atoms with E-state index in [-0.39, 0.29) is 0 Å². The van der Waals surface area contributed by atoms with Crippen LogP contribution in [0.4, 0.5) is 0 Å². The highest BCUT2D eigenvalue weighted by atomic mass is 35.5. The summed E-state index contributed by atoms with van der Waals surface area (Å²) >= 11 is 5.79. The summed E-state index contributed by atoms with van der Waals surface area (Å²) in [5.74, 6) is 0.809. The standard InChI is InChI=1S/C12H21ClN2/c1-9(13)8-15-12-5-2-4-10(12)11-6-3-7-14-11/h10-12,14-15H,1-8H2. The third-order valence-electron chi connectivity index (χ3n) is 3.74. The number of rotatable bonds is 4. The first-order valence-corrected chi connectivity index (χ1v) is 6.45. The normalized spacial score (nSPS) is 35.9. The van der Waals surface area contributed by atoms with E-state index in [1.165, 1.54) is 38.6 Å². The molecule has 3 atom stereocenters. The molecule has 1 saturated carbocycles. The summed E-state index contributed by atoms with van der Waals surface area (Å²) in [4.78, 5) is 0. The second-order valence-corrected chi connectivity index (χ2v) is 5.34.